The molecule has 3 rings (SSSR count). The Hall–Kier alpha value is -1.95. The summed E-state index contributed by atoms with van der Waals surface area (Å²) in [6.45, 7) is 3.53. The number of nitrogens with one attached hydrogen (secondary N) is 2. The largest absolute Gasteiger partial charge is 0.301 e. The fourth-order valence-electron chi connectivity index (χ4n) is 2.19. The number of amides is 1. The van der Waals surface area contributed by atoms with Gasteiger partial charge < -0.3 is 5.32 Å². The van der Waals surface area contributed by atoms with E-state index in [4.69, 9.17) is 0 Å². The zero-order valence-corrected chi connectivity index (χ0v) is 15.8. The van der Waals surface area contributed by atoms with E-state index in [-0.39, 0.29) is 10.8 Å². The summed E-state index contributed by atoms with van der Waals surface area (Å²) in [6.07, 6.45) is 1.56. The number of benzene rings is 1. The minimum absolute atomic E-state index is 0.00597. The third kappa shape index (κ3) is 3.84. The van der Waals surface area contributed by atoms with E-state index in [0.29, 0.717) is 16.2 Å². The summed E-state index contributed by atoms with van der Waals surface area (Å²) in [5, 5.41) is 4.76. The van der Waals surface area contributed by atoms with Gasteiger partial charge in [0.1, 0.15) is 22.0 Å². The van der Waals surface area contributed by atoms with Gasteiger partial charge in [0.15, 0.2) is 5.13 Å². The maximum atomic E-state index is 12.8. The first-order valence-corrected chi connectivity index (χ1v) is 10.4. The van der Waals surface area contributed by atoms with Crippen LogP contribution < -0.4 is 10.0 Å². The molecular weight excluding hydrogens is 382 g/mol. The van der Waals surface area contributed by atoms with Gasteiger partial charge in [-0.1, -0.05) is 19.9 Å². The lowest BCUT2D eigenvalue weighted by Gasteiger charge is -2.21. The third-order valence-electron chi connectivity index (χ3n) is 3.43. The van der Waals surface area contributed by atoms with Crippen molar-refractivity contribution in [1.82, 2.24) is 18.5 Å². The topological polar surface area (TPSA) is 114 Å². The minimum Gasteiger partial charge on any atom is -0.301 e. The van der Waals surface area contributed by atoms with Crippen molar-refractivity contribution in [1.29, 1.82) is 0 Å². The zero-order chi connectivity index (χ0) is 18.0. The molecule has 0 bridgehead atoms. The Kier molecular flexibility index (Phi) is 5.08. The number of thiazole rings is 1. The van der Waals surface area contributed by atoms with Crippen molar-refractivity contribution in [2.75, 3.05) is 5.32 Å². The first-order valence-electron chi connectivity index (χ1n) is 7.32. The molecule has 2 aromatic heterocycles. The van der Waals surface area contributed by atoms with Gasteiger partial charge in [0.25, 0.3) is 0 Å². The molecule has 0 spiro atoms. The Morgan fingerprint density at radius 1 is 1.24 bits per heavy atom. The second-order valence-electron chi connectivity index (χ2n) is 5.56. The molecule has 25 heavy (non-hydrogen) atoms. The molecule has 0 fully saturated rings. The van der Waals surface area contributed by atoms with Gasteiger partial charge in [-0.05, 0) is 18.1 Å². The molecule has 0 saturated carbocycles. The normalized spacial score (nSPS) is 13.2. The van der Waals surface area contributed by atoms with Crippen molar-refractivity contribution in [2.24, 2.45) is 5.92 Å². The van der Waals surface area contributed by atoms with Crippen LogP contribution in [-0.4, -0.2) is 34.1 Å². The molecule has 3 aromatic rings. The maximum Gasteiger partial charge on any atom is 0.244 e. The molecule has 0 unspecified atom stereocenters. The summed E-state index contributed by atoms with van der Waals surface area (Å²) in [5.41, 5.74) is 0.795. The molecule has 0 aliphatic rings. The zero-order valence-electron chi connectivity index (χ0n) is 13.3. The molecule has 0 aliphatic carbocycles. The van der Waals surface area contributed by atoms with Gasteiger partial charge in [0, 0.05) is 11.6 Å². The SMILES string of the molecule is CC(C)[C@@H](NS(=O)(=O)c1cccc2nsnc12)C(=O)Nc1nccs1. The molecule has 1 atom stereocenters. The van der Waals surface area contributed by atoms with E-state index in [9.17, 15) is 13.2 Å². The number of hydrogen-bond acceptors (Lipinski definition) is 8. The average molecular weight is 398 g/mol. The van der Waals surface area contributed by atoms with Crippen LogP contribution in [0.4, 0.5) is 5.13 Å². The van der Waals surface area contributed by atoms with Crippen LogP contribution in [-0.2, 0) is 14.8 Å². The molecule has 0 radical (unpaired) electrons. The van der Waals surface area contributed by atoms with Crippen molar-refractivity contribution in [2.45, 2.75) is 24.8 Å². The van der Waals surface area contributed by atoms with Crippen LogP contribution in [0.5, 0.6) is 0 Å². The highest BCUT2D eigenvalue weighted by atomic mass is 32.2. The lowest BCUT2D eigenvalue weighted by atomic mass is 10.1. The highest BCUT2D eigenvalue weighted by Crippen LogP contribution is 2.22. The van der Waals surface area contributed by atoms with Gasteiger partial charge in [-0.25, -0.2) is 13.4 Å². The van der Waals surface area contributed by atoms with E-state index in [0.717, 1.165) is 11.7 Å². The van der Waals surface area contributed by atoms with Crippen LogP contribution in [0.3, 0.4) is 0 Å². The number of anilines is 1. The van der Waals surface area contributed by atoms with E-state index in [1.54, 1.807) is 37.6 Å². The number of hydrogen-bond donors (Lipinski definition) is 2. The standard InChI is InChI=1S/C14H15N5O3S3/c1-8(2)11(13(20)16-14-15-6-7-23-14)19-25(21,22)10-5-3-4-9-12(10)18-24-17-9/h3-8,11,19H,1-2H3,(H,15,16,20)/t11-/m1/s1. The number of aromatic nitrogens is 3. The number of rotatable bonds is 6. The average Bonchev–Trinajstić information content (AvgIpc) is 3.22. The Bertz CT molecular complexity index is 982. The Morgan fingerprint density at radius 2 is 2.04 bits per heavy atom. The van der Waals surface area contributed by atoms with Crippen LogP contribution in [0, 0.1) is 5.92 Å². The fourth-order valence-corrected chi connectivity index (χ4v) is 4.83. The number of nitrogens with zero attached hydrogens (tertiary/aromatic N) is 3. The lowest BCUT2D eigenvalue weighted by Crippen LogP contribution is -2.47. The minimum atomic E-state index is -3.95. The quantitative estimate of drug-likeness (QED) is 0.658. The molecular formula is C14H15N5O3S3. The first kappa shape index (κ1) is 17.9. The van der Waals surface area contributed by atoms with Gasteiger partial charge >= 0.3 is 0 Å². The number of carbonyl (C=O) groups excluding carboxylic acids is 1. The summed E-state index contributed by atoms with van der Waals surface area (Å²) in [4.78, 5) is 16.5. The number of sulfonamides is 1. The van der Waals surface area contributed by atoms with Crippen molar-refractivity contribution >= 4 is 55.2 Å². The third-order valence-corrected chi connectivity index (χ3v) is 6.14. The molecule has 132 valence electrons. The van der Waals surface area contributed by atoms with E-state index < -0.39 is 22.0 Å². The predicted octanol–water partition coefficient (Wildman–Crippen LogP) is 2.09. The molecule has 2 heterocycles. The Morgan fingerprint density at radius 3 is 2.72 bits per heavy atom. The van der Waals surface area contributed by atoms with Crippen LogP contribution in [0.1, 0.15) is 13.8 Å². The first-order chi connectivity index (χ1) is 11.9. The van der Waals surface area contributed by atoms with Gasteiger partial charge in [0.05, 0.1) is 11.7 Å². The van der Waals surface area contributed by atoms with Crippen LogP contribution in [0.25, 0.3) is 11.0 Å². The summed E-state index contributed by atoms with van der Waals surface area (Å²) in [6, 6.07) is 3.78. The predicted molar refractivity (Wildman–Crippen MR) is 97.1 cm³/mol. The van der Waals surface area contributed by atoms with E-state index in [2.05, 4.69) is 23.8 Å². The molecule has 1 aromatic carbocycles. The van der Waals surface area contributed by atoms with Crippen LogP contribution in [0.15, 0.2) is 34.7 Å². The highest BCUT2D eigenvalue weighted by molar-refractivity contribution is 7.89. The molecule has 8 nitrogen and oxygen atoms in total. The summed E-state index contributed by atoms with van der Waals surface area (Å²) < 4.78 is 36.2. The Labute approximate surface area is 152 Å². The maximum absolute atomic E-state index is 12.8. The molecule has 1 amide bonds. The van der Waals surface area contributed by atoms with Gasteiger partial charge in [-0.3, -0.25) is 4.79 Å². The summed E-state index contributed by atoms with van der Waals surface area (Å²) in [7, 11) is -3.95. The molecule has 0 aliphatic heterocycles. The number of fused-ring (bicyclic) bond motifs is 1. The Balaban J connectivity index is 1.88. The summed E-state index contributed by atoms with van der Waals surface area (Å²) >= 11 is 2.20. The molecule has 2 N–H and O–H groups in total. The van der Waals surface area contributed by atoms with Crippen LogP contribution in [0.2, 0.25) is 0 Å². The number of carbonyl (C=O) groups is 1. The van der Waals surface area contributed by atoms with Crippen molar-refractivity contribution in [3.05, 3.63) is 29.8 Å². The summed E-state index contributed by atoms with van der Waals surface area (Å²) in [5.74, 6) is -0.723. The fraction of sp³-hybridized carbons (Fsp3) is 0.286. The smallest absolute Gasteiger partial charge is 0.244 e. The molecule has 0 saturated heterocycles. The van der Waals surface area contributed by atoms with Gasteiger partial charge in [0.2, 0.25) is 15.9 Å². The molecule has 11 heteroatoms. The van der Waals surface area contributed by atoms with E-state index in [1.165, 1.54) is 17.4 Å². The van der Waals surface area contributed by atoms with Crippen molar-refractivity contribution in [3.8, 4) is 0 Å². The van der Waals surface area contributed by atoms with Gasteiger partial charge in [-0.15, -0.1) is 11.3 Å². The van der Waals surface area contributed by atoms with Crippen molar-refractivity contribution < 1.29 is 13.2 Å². The highest BCUT2D eigenvalue weighted by Gasteiger charge is 2.30. The van der Waals surface area contributed by atoms with Gasteiger partial charge in [-0.2, -0.15) is 13.5 Å². The van der Waals surface area contributed by atoms with Crippen molar-refractivity contribution in [3.63, 3.8) is 0 Å². The second kappa shape index (κ2) is 7.12. The van der Waals surface area contributed by atoms with E-state index >= 15 is 0 Å². The lowest BCUT2D eigenvalue weighted by molar-refractivity contribution is -0.118. The van der Waals surface area contributed by atoms with Crippen LogP contribution >= 0.6 is 23.1 Å². The monoisotopic (exact) mass is 397 g/mol. The van der Waals surface area contributed by atoms with E-state index in [1.807, 2.05) is 0 Å². The second-order valence-corrected chi connectivity index (χ2v) is 8.66.